The van der Waals surface area contributed by atoms with E-state index in [4.69, 9.17) is 0 Å². The number of rotatable bonds is 3. The Bertz CT molecular complexity index is 324. The summed E-state index contributed by atoms with van der Waals surface area (Å²) in [5.74, 6) is 1.34. The van der Waals surface area contributed by atoms with E-state index in [0.29, 0.717) is 11.8 Å². The molecule has 0 saturated heterocycles. The molecule has 0 aliphatic heterocycles. The Labute approximate surface area is 107 Å². The maximum absolute atomic E-state index is 10.3. The first-order valence-corrected chi connectivity index (χ1v) is 6.69. The van der Waals surface area contributed by atoms with Crippen LogP contribution in [0.1, 0.15) is 48.0 Å². The fourth-order valence-corrected chi connectivity index (χ4v) is 3.41. The van der Waals surface area contributed by atoms with Crippen LogP contribution >= 0.6 is 0 Å². The normalized spacial score (nSPS) is 31.6. The summed E-state index contributed by atoms with van der Waals surface area (Å²) in [6, 6.07) is 0. The minimum Gasteiger partial charge on any atom is -0.388 e. The molecule has 1 N–H and O–H groups in total. The highest BCUT2D eigenvalue weighted by molar-refractivity contribution is 5.17. The average Bonchev–Trinajstić information content (AvgIpc) is 2.22. The molecule has 0 radical (unpaired) electrons. The Morgan fingerprint density at radius 3 is 2.53 bits per heavy atom. The van der Waals surface area contributed by atoms with Crippen LogP contribution in [0.4, 0.5) is 0 Å². The van der Waals surface area contributed by atoms with Gasteiger partial charge in [-0.05, 0) is 43.4 Å². The summed E-state index contributed by atoms with van der Waals surface area (Å²) < 4.78 is 0. The lowest BCUT2D eigenvalue weighted by Gasteiger charge is -2.47. The zero-order valence-electron chi connectivity index (χ0n) is 12.2. The van der Waals surface area contributed by atoms with Crippen molar-refractivity contribution in [2.75, 3.05) is 0 Å². The average molecular weight is 236 g/mol. The van der Waals surface area contributed by atoms with Gasteiger partial charge in [0, 0.05) is 0 Å². The molecule has 4 atom stereocenters. The van der Waals surface area contributed by atoms with Gasteiger partial charge in [-0.25, -0.2) is 0 Å². The van der Waals surface area contributed by atoms with E-state index in [0.717, 1.165) is 12.0 Å². The van der Waals surface area contributed by atoms with Gasteiger partial charge in [-0.3, -0.25) is 0 Å². The van der Waals surface area contributed by atoms with Gasteiger partial charge in [-0.2, -0.15) is 0 Å². The summed E-state index contributed by atoms with van der Waals surface area (Å²) in [5, 5.41) is 10.3. The SMILES string of the molecule is C=C(C)C(O)C(C)C1C(C)=CCC(C)C1(C)C. The summed E-state index contributed by atoms with van der Waals surface area (Å²) in [5.41, 5.74) is 2.55. The summed E-state index contributed by atoms with van der Waals surface area (Å²) in [6.45, 7) is 17.2. The van der Waals surface area contributed by atoms with Crippen molar-refractivity contribution in [3.63, 3.8) is 0 Å². The summed E-state index contributed by atoms with van der Waals surface area (Å²) in [6.07, 6.45) is 3.11. The van der Waals surface area contributed by atoms with Gasteiger partial charge in [0.05, 0.1) is 6.10 Å². The fourth-order valence-electron chi connectivity index (χ4n) is 3.41. The van der Waals surface area contributed by atoms with Crippen LogP contribution in [0.3, 0.4) is 0 Å². The van der Waals surface area contributed by atoms with E-state index in [1.807, 2.05) is 6.92 Å². The second kappa shape index (κ2) is 4.97. The Morgan fingerprint density at radius 1 is 1.53 bits per heavy atom. The van der Waals surface area contributed by atoms with E-state index in [9.17, 15) is 5.11 Å². The molecule has 1 nitrogen and oxygen atoms in total. The Balaban J connectivity index is 3.04. The predicted octanol–water partition coefficient (Wildman–Crippen LogP) is 4.19. The van der Waals surface area contributed by atoms with Gasteiger partial charge >= 0.3 is 0 Å². The lowest BCUT2D eigenvalue weighted by atomic mass is 9.58. The van der Waals surface area contributed by atoms with Gasteiger partial charge in [0.2, 0.25) is 0 Å². The fraction of sp³-hybridized carbons (Fsp3) is 0.750. The molecule has 1 aliphatic rings. The third-order valence-electron chi connectivity index (χ3n) is 4.88. The number of aliphatic hydroxyl groups is 1. The van der Waals surface area contributed by atoms with Gasteiger partial charge < -0.3 is 5.11 Å². The molecule has 1 rings (SSSR count). The maximum atomic E-state index is 10.3. The van der Waals surface area contributed by atoms with Crippen LogP contribution in [0.15, 0.2) is 23.8 Å². The highest BCUT2D eigenvalue weighted by atomic mass is 16.3. The first-order valence-electron chi connectivity index (χ1n) is 6.69. The van der Waals surface area contributed by atoms with Crippen molar-refractivity contribution in [3.8, 4) is 0 Å². The van der Waals surface area contributed by atoms with Crippen LogP contribution in [0.25, 0.3) is 0 Å². The first-order chi connectivity index (χ1) is 7.69. The molecule has 0 bridgehead atoms. The van der Waals surface area contributed by atoms with Gasteiger partial charge in [-0.1, -0.05) is 51.5 Å². The second-order valence-electron chi connectivity index (χ2n) is 6.53. The lowest BCUT2D eigenvalue weighted by Crippen LogP contribution is -2.42. The van der Waals surface area contributed by atoms with E-state index in [1.165, 1.54) is 5.57 Å². The van der Waals surface area contributed by atoms with E-state index < -0.39 is 6.10 Å². The molecule has 0 aromatic rings. The van der Waals surface area contributed by atoms with Gasteiger partial charge in [-0.15, -0.1) is 0 Å². The number of allylic oxidation sites excluding steroid dienone is 2. The molecule has 0 fully saturated rings. The molecule has 17 heavy (non-hydrogen) atoms. The quantitative estimate of drug-likeness (QED) is 0.729. The first kappa shape index (κ1) is 14.5. The monoisotopic (exact) mass is 236 g/mol. The number of aliphatic hydroxyl groups excluding tert-OH is 1. The molecule has 0 saturated carbocycles. The second-order valence-corrected chi connectivity index (χ2v) is 6.53. The van der Waals surface area contributed by atoms with Crippen molar-refractivity contribution < 1.29 is 5.11 Å². The van der Waals surface area contributed by atoms with Gasteiger partial charge in [0.15, 0.2) is 0 Å². The van der Waals surface area contributed by atoms with E-state index in [-0.39, 0.29) is 11.3 Å². The summed E-state index contributed by atoms with van der Waals surface area (Å²) >= 11 is 0. The number of hydrogen-bond acceptors (Lipinski definition) is 1. The van der Waals surface area contributed by atoms with Crippen molar-refractivity contribution in [1.29, 1.82) is 0 Å². The molecule has 4 unspecified atom stereocenters. The van der Waals surface area contributed by atoms with Crippen molar-refractivity contribution in [1.82, 2.24) is 0 Å². The van der Waals surface area contributed by atoms with Crippen LogP contribution in [0.2, 0.25) is 0 Å². The van der Waals surface area contributed by atoms with Crippen LogP contribution in [-0.4, -0.2) is 11.2 Å². The molecule has 98 valence electrons. The Morgan fingerprint density at radius 2 is 2.06 bits per heavy atom. The maximum Gasteiger partial charge on any atom is 0.0776 e. The molecule has 0 aromatic heterocycles. The molecule has 0 aromatic carbocycles. The largest absolute Gasteiger partial charge is 0.388 e. The molecule has 0 amide bonds. The van der Waals surface area contributed by atoms with E-state index in [1.54, 1.807) is 0 Å². The zero-order valence-corrected chi connectivity index (χ0v) is 12.2. The summed E-state index contributed by atoms with van der Waals surface area (Å²) in [4.78, 5) is 0. The standard InChI is InChI=1S/C16H28O/c1-10(2)15(17)13(5)14-11(3)8-9-12(4)16(14,6)7/h8,12-15,17H,1,9H2,2-7H3. The number of hydrogen-bond donors (Lipinski definition) is 1. The van der Waals surface area contributed by atoms with E-state index >= 15 is 0 Å². The lowest BCUT2D eigenvalue weighted by molar-refractivity contribution is 0.0371. The van der Waals surface area contributed by atoms with Crippen LogP contribution in [0, 0.1) is 23.2 Å². The van der Waals surface area contributed by atoms with Crippen LogP contribution in [0.5, 0.6) is 0 Å². The van der Waals surface area contributed by atoms with Crippen molar-refractivity contribution in [2.24, 2.45) is 23.2 Å². The van der Waals surface area contributed by atoms with Crippen LogP contribution < -0.4 is 0 Å². The highest BCUT2D eigenvalue weighted by Gasteiger charge is 2.42. The molecular weight excluding hydrogens is 208 g/mol. The highest BCUT2D eigenvalue weighted by Crippen LogP contribution is 2.49. The summed E-state index contributed by atoms with van der Waals surface area (Å²) in [7, 11) is 0. The Kier molecular flexibility index (Phi) is 4.24. The van der Waals surface area contributed by atoms with E-state index in [2.05, 4.69) is 47.3 Å². The molecule has 0 heterocycles. The third kappa shape index (κ3) is 2.65. The molecule has 1 aliphatic carbocycles. The molecule has 1 heteroatoms. The van der Waals surface area contributed by atoms with Gasteiger partial charge in [0.25, 0.3) is 0 Å². The minimum absolute atomic E-state index is 0.237. The van der Waals surface area contributed by atoms with Crippen molar-refractivity contribution in [2.45, 2.75) is 54.1 Å². The topological polar surface area (TPSA) is 20.2 Å². The smallest absolute Gasteiger partial charge is 0.0776 e. The van der Waals surface area contributed by atoms with Gasteiger partial charge in [0.1, 0.15) is 0 Å². The molecular formula is C16H28O. The molecule has 0 spiro atoms. The zero-order chi connectivity index (χ0) is 13.4. The minimum atomic E-state index is -0.395. The third-order valence-corrected chi connectivity index (χ3v) is 4.88. The predicted molar refractivity (Wildman–Crippen MR) is 74.8 cm³/mol. The van der Waals surface area contributed by atoms with Crippen molar-refractivity contribution >= 4 is 0 Å². The van der Waals surface area contributed by atoms with Crippen LogP contribution in [-0.2, 0) is 0 Å². The van der Waals surface area contributed by atoms with Crippen molar-refractivity contribution in [3.05, 3.63) is 23.8 Å². The Hall–Kier alpha value is -0.560.